The van der Waals surface area contributed by atoms with E-state index in [-0.39, 0.29) is 42.0 Å². The maximum Gasteiger partial charge on any atom is 0.303 e. The highest BCUT2D eigenvalue weighted by Crippen LogP contribution is 2.64. The van der Waals surface area contributed by atoms with Crippen molar-refractivity contribution < 1.29 is 25.2 Å². The number of aliphatic hydroxyl groups is 3. The Labute approximate surface area is 168 Å². The molecule has 4 saturated carbocycles. The van der Waals surface area contributed by atoms with Crippen LogP contribution >= 0.6 is 0 Å². The smallest absolute Gasteiger partial charge is 0.303 e. The molecule has 4 aliphatic carbocycles. The summed E-state index contributed by atoms with van der Waals surface area (Å²) in [7, 11) is 0. The van der Waals surface area contributed by atoms with E-state index in [4.69, 9.17) is 5.11 Å². The summed E-state index contributed by atoms with van der Waals surface area (Å²) in [5.41, 5.74) is 0.113. The number of rotatable bonds is 4. The van der Waals surface area contributed by atoms with Crippen LogP contribution in [0.15, 0.2) is 0 Å². The molecule has 4 N–H and O–H groups in total. The van der Waals surface area contributed by atoms with Gasteiger partial charge >= 0.3 is 5.97 Å². The highest BCUT2D eigenvalue weighted by Gasteiger charge is 2.61. The van der Waals surface area contributed by atoms with Gasteiger partial charge in [0.15, 0.2) is 0 Å². The van der Waals surface area contributed by atoms with Gasteiger partial charge in [-0.1, -0.05) is 13.8 Å². The molecule has 0 bridgehead atoms. The zero-order valence-electron chi connectivity index (χ0n) is 17.3. The molecule has 0 heterocycles. The van der Waals surface area contributed by atoms with Crippen molar-refractivity contribution >= 4 is 5.97 Å². The standard InChI is InChI=1S/C23H38O5/c1-12(3-6-20(27)28)15-4-5-16-21(15)19(26)11-17-22(16)18(25)10-13-9-14(24)7-8-23(13,17)2/h12-19,21-22,24-26H,3-11H2,1-2H3,(H,27,28)/t12-,13+,14?,15?,16-,17+,18?,19?,21?,22+,23+/m1/s1. The van der Waals surface area contributed by atoms with Crippen LogP contribution in [-0.4, -0.2) is 44.7 Å². The Morgan fingerprint density at radius 3 is 2.46 bits per heavy atom. The molecule has 160 valence electrons. The minimum atomic E-state index is -0.744. The molecule has 0 spiro atoms. The quantitative estimate of drug-likeness (QED) is 0.587. The minimum Gasteiger partial charge on any atom is -0.481 e. The molecule has 0 aromatic rings. The number of hydrogen-bond donors (Lipinski definition) is 4. The lowest BCUT2D eigenvalue weighted by atomic mass is 9.45. The molecule has 0 aromatic heterocycles. The van der Waals surface area contributed by atoms with Crippen LogP contribution in [0.25, 0.3) is 0 Å². The zero-order chi connectivity index (χ0) is 20.2. The molecule has 4 rings (SSSR count). The number of carbonyl (C=O) groups is 1. The number of carboxylic acid groups (broad SMARTS) is 1. The van der Waals surface area contributed by atoms with Crippen molar-refractivity contribution in [1.82, 2.24) is 0 Å². The van der Waals surface area contributed by atoms with Crippen molar-refractivity contribution in [1.29, 1.82) is 0 Å². The molecule has 0 saturated heterocycles. The van der Waals surface area contributed by atoms with Crippen LogP contribution in [0.4, 0.5) is 0 Å². The van der Waals surface area contributed by atoms with E-state index in [0.717, 1.165) is 44.9 Å². The molecule has 5 nitrogen and oxygen atoms in total. The van der Waals surface area contributed by atoms with Crippen LogP contribution in [0, 0.1) is 46.8 Å². The number of hydrogen-bond acceptors (Lipinski definition) is 4. The first-order chi connectivity index (χ1) is 13.2. The summed E-state index contributed by atoms with van der Waals surface area (Å²) >= 11 is 0. The van der Waals surface area contributed by atoms with Gasteiger partial charge < -0.3 is 20.4 Å². The maximum atomic E-state index is 11.2. The Morgan fingerprint density at radius 2 is 1.75 bits per heavy atom. The maximum absolute atomic E-state index is 11.2. The highest BCUT2D eigenvalue weighted by atomic mass is 16.4. The zero-order valence-corrected chi connectivity index (χ0v) is 17.3. The summed E-state index contributed by atoms with van der Waals surface area (Å²) in [4.78, 5) is 11.0. The van der Waals surface area contributed by atoms with Crippen molar-refractivity contribution in [2.75, 3.05) is 0 Å². The van der Waals surface area contributed by atoms with E-state index in [9.17, 15) is 20.1 Å². The second-order valence-electron chi connectivity index (χ2n) is 10.8. The van der Waals surface area contributed by atoms with Gasteiger partial charge in [0, 0.05) is 6.42 Å². The third-order valence-electron chi connectivity index (χ3n) is 9.59. The lowest BCUT2D eigenvalue weighted by Gasteiger charge is -2.61. The van der Waals surface area contributed by atoms with Crippen molar-refractivity contribution in [3.05, 3.63) is 0 Å². The number of carboxylic acids is 1. The van der Waals surface area contributed by atoms with Crippen molar-refractivity contribution in [3.8, 4) is 0 Å². The Bertz CT molecular complexity index is 594. The van der Waals surface area contributed by atoms with Gasteiger partial charge in [-0.15, -0.1) is 0 Å². The van der Waals surface area contributed by atoms with Gasteiger partial charge in [-0.2, -0.15) is 0 Å². The average Bonchev–Trinajstić information content (AvgIpc) is 3.07. The molecule has 5 unspecified atom stereocenters. The Hall–Kier alpha value is -0.650. The Balaban J connectivity index is 1.55. The lowest BCUT2D eigenvalue weighted by molar-refractivity contribution is -0.181. The van der Waals surface area contributed by atoms with Crippen molar-refractivity contribution in [3.63, 3.8) is 0 Å². The predicted molar refractivity (Wildman–Crippen MR) is 105 cm³/mol. The van der Waals surface area contributed by atoms with E-state index < -0.39 is 5.97 Å². The Morgan fingerprint density at radius 1 is 1.04 bits per heavy atom. The minimum absolute atomic E-state index is 0.113. The topological polar surface area (TPSA) is 98.0 Å². The first-order valence-electron chi connectivity index (χ1n) is 11.5. The van der Waals surface area contributed by atoms with Crippen LogP contribution in [0.2, 0.25) is 0 Å². The normalized spacial score (nSPS) is 51.7. The highest BCUT2D eigenvalue weighted by molar-refractivity contribution is 5.66. The van der Waals surface area contributed by atoms with Crippen LogP contribution in [-0.2, 0) is 4.79 Å². The summed E-state index contributed by atoms with van der Waals surface area (Å²) in [5, 5.41) is 41.5. The summed E-state index contributed by atoms with van der Waals surface area (Å²) in [6, 6.07) is 0. The molecule has 4 fully saturated rings. The van der Waals surface area contributed by atoms with Crippen LogP contribution < -0.4 is 0 Å². The molecule has 0 aliphatic heterocycles. The molecule has 11 atom stereocenters. The van der Waals surface area contributed by atoms with Crippen LogP contribution in [0.1, 0.15) is 71.6 Å². The number of fused-ring (bicyclic) bond motifs is 5. The third kappa shape index (κ3) is 3.31. The van der Waals surface area contributed by atoms with E-state index in [1.807, 2.05) is 0 Å². The third-order valence-corrected chi connectivity index (χ3v) is 9.59. The molecule has 5 heteroatoms. The van der Waals surface area contributed by atoms with E-state index in [1.165, 1.54) is 0 Å². The number of aliphatic carboxylic acids is 1. The predicted octanol–water partition coefficient (Wildman–Crippen LogP) is 3.06. The first kappa shape index (κ1) is 20.6. The van der Waals surface area contributed by atoms with Gasteiger partial charge in [0.25, 0.3) is 0 Å². The van der Waals surface area contributed by atoms with Gasteiger partial charge in [0.1, 0.15) is 0 Å². The van der Waals surface area contributed by atoms with Crippen molar-refractivity contribution in [2.45, 2.75) is 89.9 Å². The summed E-state index contributed by atoms with van der Waals surface area (Å²) in [6.07, 6.45) is 6.20. The van der Waals surface area contributed by atoms with E-state index in [1.54, 1.807) is 0 Å². The average molecular weight is 395 g/mol. The van der Waals surface area contributed by atoms with Gasteiger partial charge in [-0.3, -0.25) is 4.79 Å². The van der Waals surface area contributed by atoms with Gasteiger partial charge in [-0.25, -0.2) is 0 Å². The second kappa shape index (κ2) is 7.55. The van der Waals surface area contributed by atoms with E-state index in [2.05, 4.69) is 13.8 Å². The summed E-state index contributed by atoms with van der Waals surface area (Å²) in [5.74, 6) is 1.41. The van der Waals surface area contributed by atoms with E-state index in [0.29, 0.717) is 36.0 Å². The fourth-order valence-corrected chi connectivity index (χ4v) is 8.17. The molecule has 0 radical (unpaired) electrons. The van der Waals surface area contributed by atoms with Crippen LogP contribution in [0.3, 0.4) is 0 Å². The lowest BCUT2D eigenvalue weighted by Crippen LogP contribution is -2.59. The largest absolute Gasteiger partial charge is 0.481 e. The van der Waals surface area contributed by atoms with Gasteiger partial charge in [0.05, 0.1) is 18.3 Å². The molecular weight excluding hydrogens is 356 g/mol. The Kier molecular flexibility index (Phi) is 5.56. The second-order valence-corrected chi connectivity index (χ2v) is 10.8. The van der Waals surface area contributed by atoms with Gasteiger partial charge in [0.2, 0.25) is 0 Å². The van der Waals surface area contributed by atoms with E-state index >= 15 is 0 Å². The van der Waals surface area contributed by atoms with Crippen molar-refractivity contribution in [2.24, 2.45) is 46.8 Å². The van der Waals surface area contributed by atoms with Gasteiger partial charge in [-0.05, 0) is 98.2 Å². The summed E-state index contributed by atoms with van der Waals surface area (Å²) in [6.45, 7) is 4.49. The molecule has 0 aromatic carbocycles. The fraction of sp³-hybridized carbons (Fsp3) is 0.957. The SMILES string of the molecule is C[C@H](CCC(=O)O)C1CC[C@@H]2C1C(O)C[C@H]1[C@H]2C(O)C[C@@H]2CC(O)CC[C@@]21C. The molecule has 0 amide bonds. The number of aliphatic hydroxyl groups excluding tert-OH is 3. The van der Waals surface area contributed by atoms with Crippen LogP contribution in [0.5, 0.6) is 0 Å². The fourth-order valence-electron chi connectivity index (χ4n) is 8.17. The first-order valence-corrected chi connectivity index (χ1v) is 11.5. The molecular formula is C23H38O5. The monoisotopic (exact) mass is 394 g/mol. The summed E-state index contributed by atoms with van der Waals surface area (Å²) < 4.78 is 0. The molecule has 4 aliphatic rings. The molecule has 28 heavy (non-hydrogen) atoms.